The zero-order valence-electron chi connectivity index (χ0n) is 20.0. The van der Waals surface area contributed by atoms with Crippen molar-refractivity contribution >= 4 is 10.8 Å². The van der Waals surface area contributed by atoms with E-state index in [1.54, 1.807) is 0 Å². The zero-order valence-corrected chi connectivity index (χ0v) is 20.0. The molecule has 0 radical (unpaired) electrons. The summed E-state index contributed by atoms with van der Waals surface area (Å²) in [7, 11) is 0. The van der Waals surface area contributed by atoms with Crippen LogP contribution in [0, 0.1) is 0 Å². The molecule has 2 aromatic carbocycles. The summed E-state index contributed by atoms with van der Waals surface area (Å²) in [5, 5.41) is 9.32. The summed E-state index contributed by atoms with van der Waals surface area (Å²) in [6, 6.07) is 13.6. The number of aromatic amines is 2. The van der Waals surface area contributed by atoms with Crippen LogP contribution in [0.1, 0.15) is 49.4 Å². The Balaban J connectivity index is 1.11. The molecule has 5 aromatic rings. The molecule has 0 unspecified atom stereocenters. The third kappa shape index (κ3) is 3.98. The van der Waals surface area contributed by atoms with Crippen molar-refractivity contribution in [1.29, 1.82) is 0 Å². The Labute approximate surface area is 209 Å². The van der Waals surface area contributed by atoms with Crippen molar-refractivity contribution in [2.24, 2.45) is 0 Å². The van der Waals surface area contributed by atoms with Crippen LogP contribution in [-0.4, -0.2) is 43.0 Å². The van der Waals surface area contributed by atoms with Gasteiger partial charge in [0.05, 0.1) is 54.0 Å². The van der Waals surface area contributed by atoms with Crippen molar-refractivity contribution in [2.45, 2.75) is 37.8 Å². The standard InChI is InChI=1S/C28H28N8/c1-3-21(29-9-1)27-33-14-24(35-27)20-8-6-17-11-19(7-5-18(17)12-20)23-13-32-25(15-31-23)26-16-34-28(36-26)22-4-2-10-30-22/h5-8,11-16,21-22,29-30H,1-4,9-10H2,(H,33,35)(H,34,36)/t21-,22-/m0/s1. The molecule has 2 atom stereocenters. The summed E-state index contributed by atoms with van der Waals surface area (Å²) in [6.45, 7) is 2.11. The molecule has 7 rings (SSSR count). The Morgan fingerprint density at radius 2 is 1.17 bits per heavy atom. The summed E-state index contributed by atoms with van der Waals surface area (Å²) < 4.78 is 0. The molecule has 8 nitrogen and oxygen atoms in total. The predicted molar refractivity (Wildman–Crippen MR) is 140 cm³/mol. The van der Waals surface area contributed by atoms with Gasteiger partial charge in [0.25, 0.3) is 0 Å². The molecule has 3 aromatic heterocycles. The molecular weight excluding hydrogens is 448 g/mol. The van der Waals surface area contributed by atoms with Gasteiger partial charge in [-0.3, -0.25) is 9.97 Å². The number of nitrogens with zero attached hydrogens (tertiary/aromatic N) is 4. The molecular formula is C28H28N8. The van der Waals surface area contributed by atoms with Gasteiger partial charge in [-0.05, 0) is 61.7 Å². The molecule has 8 heteroatoms. The molecule has 2 aliphatic heterocycles. The number of H-pyrrole nitrogens is 2. The number of rotatable bonds is 5. The number of hydrogen-bond acceptors (Lipinski definition) is 6. The summed E-state index contributed by atoms with van der Waals surface area (Å²) in [5.74, 6) is 2.00. The van der Waals surface area contributed by atoms with E-state index in [4.69, 9.17) is 4.98 Å². The molecule has 0 bridgehead atoms. The van der Waals surface area contributed by atoms with E-state index < -0.39 is 0 Å². The van der Waals surface area contributed by atoms with Crippen LogP contribution in [0.25, 0.3) is 44.7 Å². The third-order valence-corrected chi connectivity index (χ3v) is 7.35. The van der Waals surface area contributed by atoms with Crippen molar-refractivity contribution in [3.63, 3.8) is 0 Å². The highest BCUT2D eigenvalue weighted by molar-refractivity contribution is 5.90. The van der Waals surface area contributed by atoms with Gasteiger partial charge < -0.3 is 20.6 Å². The number of hydrogen-bond donors (Lipinski definition) is 4. The smallest absolute Gasteiger partial charge is 0.123 e. The number of nitrogens with one attached hydrogen (secondary N) is 4. The molecule has 2 aliphatic rings. The molecule has 0 spiro atoms. The maximum Gasteiger partial charge on any atom is 0.123 e. The van der Waals surface area contributed by atoms with Crippen LogP contribution < -0.4 is 10.6 Å². The van der Waals surface area contributed by atoms with Gasteiger partial charge in [-0.2, -0.15) is 0 Å². The molecule has 5 heterocycles. The van der Waals surface area contributed by atoms with Gasteiger partial charge in [-0.15, -0.1) is 0 Å². The van der Waals surface area contributed by atoms with E-state index in [1.807, 2.05) is 24.8 Å². The van der Waals surface area contributed by atoms with Gasteiger partial charge in [0, 0.05) is 11.1 Å². The lowest BCUT2D eigenvalue weighted by Gasteiger charge is -2.07. The van der Waals surface area contributed by atoms with Gasteiger partial charge >= 0.3 is 0 Å². The molecule has 0 aliphatic carbocycles. The van der Waals surface area contributed by atoms with E-state index in [9.17, 15) is 0 Å². The molecule has 180 valence electrons. The van der Waals surface area contributed by atoms with Crippen molar-refractivity contribution in [1.82, 2.24) is 40.5 Å². The van der Waals surface area contributed by atoms with E-state index in [-0.39, 0.29) is 0 Å². The first kappa shape index (κ1) is 21.4. The fraction of sp³-hybridized carbons (Fsp3) is 0.286. The minimum absolute atomic E-state index is 0.309. The van der Waals surface area contributed by atoms with Crippen molar-refractivity contribution in [3.05, 3.63) is 72.8 Å². The maximum atomic E-state index is 4.70. The molecule has 0 amide bonds. The first-order valence-electron chi connectivity index (χ1n) is 12.7. The second kappa shape index (κ2) is 8.96. The predicted octanol–water partition coefficient (Wildman–Crippen LogP) is 4.93. The van der Waals surface area contributed by atoms with Gasteiger partial charge in [-0.1, -0.05) is 24.3 Å². The van der Waals surface area contributed by atoms with Gasteiger partial charge in [0.2, 0.25) is 0 Å². The van der Waals surface area contributed by atoms with Crippen molar-refractivity contribution in [3.8, 4) is 33.9 Å². The Morgan fingerprint density at radius 1 is 0.583 bits per heavy atom. The second-order valence-electron chi connectivity index (χ2n) is 9.73. The molecule has 2 fully saturated rings. The molecule has 4 N–H and O–H groups in total. The summed E-state index contributed by atoms with van der Waals surface area (Å²) in [5.41, 5.74) is 5.79. The van der Waals surface area contributed by atoms with Crippen LogP contribution in [0.2, 0.25) is 0 Å². The van der Waals surface area contributed by atoms with Crippen LogP contribution in [0.3, 0.4) is 0 Å². The van der Waals surface area contributed by atoms with Crippen LogP contribution in [0.5, 0.6) is 0 Å². The van der Waals surface area contributed by atoms with E-state index >= 15 is 0 Å². The van der Waals surface area contributed by atoms with Gasteiger partial charge in [0.15, 0.2) is 0 Å². The van der Waals surface area contributed by atoms with E-state index in [1.165, 1.54) is 23.6 Å². The topological polar surface area (TPSA) is 107 Å². The second-order valence-corrected chi connectivity index (χ2v) is 9.73. The highest BCUT2D eigenvalue weighted by Crippen LogP contribution is 2.29. The summed E-state index contributed by atoms with van der Waals surface area (Å²) >= 11 is 0. The minimum atomic E-state index is 0.309. The lowest BCUT2D eigenvalue weighted by Crippen LogP contribution is -2.14. The van der Waals surface area contributed by atoms with Crippen LogP contribution in [0.15, 0.2) is 61.2 Å². The maximum absolute atomic E-state index is 4.70. The largest absolute Gasteiger partial charge is 0.341 e. The molecule has 36 heavy (non-hydrogen) atoms. The van der Waals surface area contributed by atoms with Crippen LogP contribution in [0.4, 0.5) is 0 Å². The zero-order chi connectivity index (χ0) is 23.9. The van der Waals surface area contributed by atoms with Gasteiger partial charge in [-0.25, -0.2) is 9.97 Å². The number of benzene rings is 2. The fourth-order valence-electron chi connectivity index (χ4n) is 5.33. The van der Waals surface area contributed by atoms with Crippen LogP contribution in [-0.2, 0) is 0 Å². The van der Waals surface area contributed by atoms with E-state index in [0.717, 1.165) is 71.5 Å². The van der Waals surface area contributed by atoms with Gasteiger partial charge in [0.1, 0.15) is 17.3 Å². The highest BCUT2D eigenvalue weighted by Gasteiger charge is 2.20. The minimum Gasteiger partial charge on any atom is -0.341 e. The van der Waals surface area contributed by atoms with E-state index in [2.05, 4.69) is 72.0 Å². The first-order valence-corrected chi connectivity index (χ1v) is 12.7. The molecule has 2 saturated heterocycles. The van der Waals surface area contributed by atoms with Crippen molar-refractivity contribution in [2.75, 3.05) is 13.1 Å². The Morgan fingerprint density at radius 3 is 1.81 bits per heavy atom. The number of fused-ring (bicyclic) bond motifs is 1. The van der Waals surface area contributed by atoms with Crippen LogP contribution >= 0.6 is 0 Å². The van der Waals surface area contributed by atoms with Crippen molar-refractivity contribution < 1.29 is 0 Å². The Kier molecular flexibility index (Phi) is 5.33. The average molecular weight is 477 g/mol. The third-order valence-electron chi connectivity index (χ3n) is 7.35. The van der Waals surface area contributed by atoms with E-state index in [0.29, 0.717) is 12.1 Å². The lowest BCUT2D eigenvalue weighted by molar-refractivity contribution is 0.613. The quantitative estimate of drug-likeness (QED) is 0.287. The lowest BCUT2D eigenvalue weighted by atomic mass is 10.0. The average Bonchev–Trinajstić information content (AvgIpc) is 3.75. The monoisotopic (exact) mass is 476 g/mol. The Hall–Kier alpha value is -3.88. The fourth-order valence-corrected chi connectivity index (χ4v) is 5.33. The number of imidazole rings is 2. The summed E-state index contributed by atoms with van der Waals surface area (Å²) in [4.78, 5) is 25.4. The highest BCUT2D eigenvalue weighted by atomic mass is 15.0. The SMILES string of the molecule is c1cc2cc(-c3cnc([C@@H]4CCCN4)[nH]3)ccc2cc1-c1cnc(-c2cnc([C@@H]3CCCN3)[nH]2)cn1. The summed E-state index contributed by atoms with van der Waals surface area (Å²) in [6.07, 6.45) is 12.1. The number of aromatic nitrogens is 6. The Bertz CT molecular complexity index is 1500. The molecule has 0 saturated carbocycles. The normalized spacial score (nSPS) is 19.9. The first-order chi connectivity index (χ1) is 17.8.